The van der Waals surface area contributed by atoms with E-state index in [0.717, 1.165) is 12.0 Å². The SMILES string of the molecule is C=C(NO)c1ccc(CC)cc1.CC. The highest BCUT2D eigenvalue weighted by Crippen LogP contribution is 2.10. The maximum atomic E-state index is 8.57. The molecular weight excluding hydrogens is 174 g/mol. The summed E-state index contributed by atoms with van der Waals surface area (Å²) in [4.78, 5) is 0. The van der Waals surface area contributed by atoms with E-state index in [-0.39, 0.29) is 0 Å². The van der Waals surface area contributed by atoms with Gasteiger partial charge in [0.1, 0.15) is 0 Å². The number of hydrogen-bond acceptors (Lipinski definition) is 2. The van der Waals surface area contributed by atoms with E-state index in [1.165, 1.54) is 5.56 Å². The van der Waals surface area contributed by atoms with E-state index in [2.05, 4.69) is 13.5 Å². The fourth-order valence-electron chi connectivity index (χ4n) is 1.01. The number of hydroxylamine groups is 1. The summed E-state index contributed by atoms with van der Waals surface area (Å²) in [6, 6.07) is 7.92. The van der Waals surface area contributed by atoms with Crippen molar-refractivity contribution in [3.8, 4) is 0 Å². The Balaban J connectivity index is 0.000000791. The minimum Gasteiger partial charge on any atom is -0.291 e. The first kappa shape index (κ1) is 12.7. The van der Waals surface area contributed by atoms with E-state index in [1.54, 1.807) is 0 Å². The Morgan fingerprint density at radius 3 is 2.14 bits per heavy atom. The van der Waals surface area contributed by atoms with E-state index in [1.807, 2.05) is 43.6 Å². The zero-order valence-corrected chi connectivity index (χ0v) is 9.17. The number of benzene rings is 1. The lowest BCUT2D eigenvalue weighted by molar-refractivity contribution is 0.225. The first-order valence-corrected chi connectivity index (χ1v) is 4.96. The fourth-order valence-corrected chi connectivity index (χ4v) is 1.01. The lowest BCUT2D eigenvalue weighted by Gasteiger charge is -2.03. The molecule has 0 heterocycles. The summed E-state index contributed by atoms with van der Waals surface area (Å²) in [6.45, 7) is 9.74. The van der Waals surface area contributed by atoms with Crippen LogP contribution in [0.3, 0.4) is 0 Å². The molecule has 0 amide bonds. The number of nitrogens with one attached hydrogen (secondary N) is 1. The van der Waals surface area contributed by atoms with Crippen molar-refractivity contribution < 1.29 is 5.21 Å². The van der Waals surface area contributed by atoms with Crippen LogP contribution in [0.15, 0.2) is 30.8 Å². The summed E-state index contributed by atoms with van der Waals surface area (Å²) in [5.74, 6) is 0. The lowest BCUT2D eigenvalue weighted by atomic mass is 10.1. The van der Waals surface area contributed by atoms with Gasteiger partial charge in [-0.3, -0.25) is 10.7 Å². The molecule has 0 unspecified atom stereocenters. The number of aryl methyl sites for hydroxylation is 1. The Labute approximate surface area is 86.2 Å². The van der Waals surface area contributed by atoms with Crippen LogP contribution in [0.4, 0.5) is 0 Å². The summed E-state index contributed by atoms with van der Waals surface area (Å²) in [7, 11) is 0. The molecule has 0 aliphatic heterocycles. The third-order valence-electron chi connectivity index (χ3n) is 1.85. The average Bonchev–Trinajstić information content (AvgIpc) is 2.31. The molecular formula is C12H19NO. The molecule has 14 heavy (non-hydrogen) atoms. The van der Waals surface area contributed by atoms with Gasteiger partial charge in [0, 0.05) is 0 Å². The topological polar surface area (TPSA) is 32.3 Å². The molecule has 1 aromatic carbocycles. The van der Waals surface area contributed by atoms with E-state index in [9.17, 15) is 0 Å². The van der Waals surface area contributed by atoms with Crippen LogP contribution >= 0.6 is 0 Å². The first-order valence-electron chi connectivity index (χ1n) is 4.96. The molecule has 0 spiro atoms. The van der Waals surface area contributed by atoms with Gasteiger partial charge in [-0.2, -0.15) is 0 Å². The van der Waals surface area contributed by atoms with Crippen molar-refractivity contribution >= 4 is 5.70 Å². The van der Waals surface area contributed by atoms with Crippen molar-refractivity contribution in [2.24, 2.45) is 0 Å². The normalized spacial score (nSPS) is 8.57. The second kappa shape index (κ2) is 7.15. The van der Waals surface area contributed by atoms with Gasteiger partial charge in [0.2, 0.25) is 0 Å². The first-order chi connectivity index (χ1) is 6.77. The molecule has 0 fully saturated rings. The molecule has 0 aromatic heterocycles. The summed E-state index contributed by atoms with van der Waals surface area (Å²) in [6.07, 6.45) is 1.03. The van der Waals surface area contributed by atoms with E-state index in [0.29, 0.717) is 5.70 Å². The molecule has 0 saturated heterocycles. The van der Waals surface area contributed by atoms with Gasteiger partial charge < -0.3 is 0 Å². The van der Waals surface area contributed by atoms with Crippen LogP contribution in [-0.2, 0) is 6.42 Å². The standard InChI is InChI=1S/C10H13NO.C2H6/c1-3-9-4-6-10(7-5-9)8(2)11-12;1-2/h4-7,11-12H,2-3H2,1H3;1-2H3. The molecule has 0 atom stereocenters. The molecule has 1 rings (SSSR count). The van der Waals surface area contributed by atoms with Gasteiger partial charge in [0.15, 0.2) is 0 Å². The quantitative estimate of drug-likeness (QED) is 0.722. The molecule has 0 saturated carbocycles. The monoisotopic (exact) mass is 193 g/mol. The molecule has 0 bridgehead atoms. The minimum atomic E-state index is 0.526. The molecule has 2 nitrogen and oxygen atoms in total. The molecule has 0 radical (unpaired) electrons. The Hall–Kier alpha value is -1.28. The van der Waals surface area contributed by atoms with Crippen LogP contribution in [0.5, 0.6) is 0 Å². The van der Waals surface area contributed by atoms with Crippen molar-refractivity contribution in [2.75, 3.05) is 0 Å². The predicted octanol–water partition coefficient (Wildman–Crippen LogP) is 3.22. The summed E-state index contributed by atoms with van der Waals surface area (Å²) in [5, 5.41) is 8.57. The molecule has 2 N–H and O–H groups in total. The van der Waals surface area contributed by atoms with Crippen LogP contribution in [0.1, 0.15) is 31.9 Å². The van der Waals surface area contributed by atoms with Crippen molar-refractivity contribution in [3.63, 3.8) is 0 Å². The summed E-state index contributed by atoms with van der Waals surface area (Å²) < 4.78 is 0. The van der Waals surface area contributed by atoms with Crippen molar-refractivity contribution in [2.45, 2.75) is 27.2 Å². The highest BCUT2D eigenvalue weighted by atomic mass is 16.5. The van der Waals surface area contributed by atoms with Crippen LogP contribution < -0.4 is 5.48 Å². The fraction of sp³-hybridized carbons (Fsp3) is 0.333. The van der Waals surface area contributed by atoms with Crippen molar-refractivity contribution in [1.29, 1.82) is 0 Å². The molecule has 1 aromatic rings. The van der Waals surface area contributed by atoms with E-state index < -0.39 is 0 Å². The Morgan fingerprint density at radius 1 is 1.29 bits per heavy atom. The van der Waals surface area contributed by atoms with Gasteiger partial charge in [0.05, 0.1) is 5.70 Å². The second-order valence-corrected chi connectivity index (χ2v) is 2.64. The van der Waals surface area contributed by atoms with Gasteiger partial charge in [-0.15, -0.1) is 0 Å². The van der Waals surface area contributed by atoms with Gasteiger partial charge in [0.25, 0.3) is 0 Å². The van der Waals surface area contributed by atoms with E-state index >= 15 is 0 Å². The second-order valence-electron chi connectivity index (χ2n) is 2.64. The van der Waals surface area contributed by atoms with Gasteiger partial charge in [-0.1, -0.05) is 51.6 Å². The Kier molecular flexibility index (Phi) is 6.50. The smallest absolute Gasteiger partial charge is 0.0602 e. The molecule has 0 aliphatic carbocycles. The molecule has 0 aliphatic rings. The maximum Gasteiger partial charge on any atom is 0.0602 e. The van der Waals surface area contributed by atoms with Crippen molar-refractivity contribution in [3.05, 3.63) is 42.0 Å². The van der Waals surface area contributed by atoms with Gasteiger partial charge >= 0.3 is 0 Å². The average molecular weight is 193 g/mol. The van der Waals surface area contributed by atoms with Crippen molar-refractivity contribution in [1.82, 2.24) is 5.48 Å². The van der Waals surface area contributed by atoms with Gasteiger partial charge in [-0.25, -0.2) is 0 Å². The van der Waals surface area contributed by atoms with Gasteiger partial charge in [-0.05, 0) is 17.5 Å². The summed E-state index contributed by atoms with van der Waals surface area (Å²) in [5.41, 5.74) is 4.74. The minimum absolute atomic E-state index is 0.526. The van der Waals surface area contributed by atoms with E-state index in [4.69, 9.17) is 5.21 Å². The Morgan fingerprint density at radius 2 is 1.79 bits per heavy atom. The largest absolute Gasteiger partial charge is 0.291 e. The van der Waals surface area contributed by atoms with Crippen LogP contribution in [0.2, 0.25) is 0 Å². The highest BCUT2D eigenvalue weighted by Gasteiger charge is 1.95. The molecule has 2 heteroatoms. The third-order valence-corrected chi connectivity index (χ3v) is 1.85. The van der Waals surface area contributed by atoms with Crippen LogP contribution in [0.25, 0.3) is 5.70 Å². The van der Waals surface area contributed by atoms with Crippen LogP contribution in [0, 0.1) is 0 Å². The highest BCUT2D eigenvalue weighted by molar-refractivity contribution is 5.60. The summed E-state index contributed by atoms with van der Waals surface area (Å²) >= 11 is 0. The zero-order valence-electron chi connectivity index (χ0n) is 9.17. The zero-order chi connectivity index (χ0) is 11.0. The Bertz CT molecular complexity index is 264. The number of hydrogen-bond donors (Lipinski definition) is 2. The lowest BCUT2D eigenvalue weighted by Crippen LogP contribution is -2.03. The predicted molar refractivity (Wildman–Crippen MR) is 61.1 cm³/mol. The molecule has 78 valence electrons. The van der Waals surface area contributed by atoms with Crippen LogP contribution in [-0.4, -0.2) is 5.21 Å². The number of rotatable bonds is 3. The third kappa shape index (κ3) is 3.62. The maximum absolute atomic E-state index is 8.57.